The van der Waals surface area contributed by atoms with Gasteiger partial charge in [-0.25, -0.2) is 9.59 Å². The van der Waals surface area contributed by atoms with Gasteiger partial charge in [0.2, 0.25) is 0 Å². The minimum absolute atomic E-state index is 0.298. The second-order valence-electron chi connectivity index (χ2n) is 7.43. The van der Waals surface area contributed by atoms with Crippen LogP contribution in [0.2, 0.25) is 10.1 Å². The monoisotopic (exact) mass is 340 g/mol. The quantitative estimate of drug-likeness (QED) is 0.458. The lowest BCUT2D eigenvalue weighted by molar-refractivity contribution is -0.139. The lowest BCUT2D eigenvalue weighted by atomic mass is 10.1. The number of hydrogen-bond donors (Lipinski definition) is 0. The van der Waals surface area contributed by atoms with Crippen molar-refractivity contribution in [2.75, 3.05) is 0 Å². The van der Waals surface area contributed by atoms with Gasteiger partial charge < -0.3 is 8.85 Å². The molecule has 0 aliphatic heterocycles. The molecule has 0 saturated heterocycles. The predicted octanol–water partition coefficient (Wildman–Crippen LogP) is 5.05. The molecule has 0 heterocycles. The maximum Gasteiger partial charge on any atom is 0.476 e. The summed E-state index contributed by atoms with van der Waals surface area (Å²) in [5.41, 5.74) is 0.596. The van der Waals surface area contributed by atoms with Crippen LogP contribution in [-0.2, 0) is 18.4 Å². The standard InChI is InChI=1S/C18H32O4Si/c1-11-17(7,8)23(18(9,10)12-2,21-15(19)13(3)4)22-16(20)14(5)6/h3,5,11-12H2,1-2,4,6-10H3. The highest BCUT2D eigenvalue weighted by Crippen LogP contribution is 2.56. The van der Waals surface area contributed by atoms with Crippen LogP contribution in [0.1, 0.15) is 68.2 Å². The average Bonchev–Trinajstić information content (AvgIpc) is 2.45. The Morgan fingerprint density at radius 3 is 1.26 bits per heavy atom. The fourth-order valence-corrected chi connectivity index (χ4v) is 7.17. The van der Waals surface area contributed by atoms with Gasteiger partial charge in [-0.3, -0.25) is 0 Å². The molecule has 0 aromatic carbocycles. The average molecular weight is 341 g/mol. The van der Waals surface area contributed by atoms with Crippen molar-refractivity contribution < 1.29 is 18.4 Å². The molecule has 0 bridgehead atoms. The van der Waals surface area contributed by atoms with Crippen molar-refractivity contribution in [3.8, 4) is 0 Å². The summed E-state index contributed by atoms with van der Waals surface area (Å²) < 4.78 is 11.9. The molecule has 0 aromatic rings. The van der Waals surface area contributed by atoms with Crippen LogP contribution in [0.15, 0.2) is 24.3 Å². The number of carbonyl (C=O) groups is 2. The van der Waals surface area contributed by atoms with Gasteiger partial charge in [0.1, 0.15) is 0 Å². The third-order valence-electron chi connectivity index (χ3n) is 4.72. The van der Waals surface area contributed by atoms with Crippen molar-refractivity contribution in [2.45, 2.75) is 78.3 Å². The number of carbonyl (C=O) groups excluding carboxylic acids is 2. The highest BCUT2D eigenvalue weighted by molar-refractivity contribution is 6.76. The molecular weight excluding hydrogens is 308 g/mol. The van der Waals surface area contributed by atoms with Crippen LogP contribution in [-0.4, -0.2) is 20.5 Å². The molecule has 132 valence electrons. The normalized spacial score (nSPS) is 12.5. The van der Waals surface area contributed by atoms with Crippen LogP contribution in [0.25, 0.3) is 0 Å². The molecule has 0 rings (SSSR count). The van der Waals surface area contributed by atoms with E-state index in [4.69, 9.17) is 8.85 Å². The van der Waals surface area contributed by atoms with Crippen molar-refractivity contribution in [1.29, 1.82) is 0 Å². The van der Waals surface area contributed by atoms with Gasteiger partial charge in [-0.05, 0) is 26.7 Å². The third-order valence-corrected chi connectivity index (χ3v) is 9.94. The fraction of sp³-hybridized carbons (Fsp3) is 0.667. The minimum atomic E-state index is -3.32. The van der Waals surface area contributed by atoms with Crippen molar-refractivity contribution in [3.63, 3.8) is 0 Å². The molecule has 0 aliphatic rings. The van der Waals surface area contributed by atoms with Gasteiger partial charge in [0, 0.05) is 21.2 Å². The first-order valence-corrected chi connectivity index (χ1v) is 9.87. The summed E-state index contributed by atoms with van der Waals surface area (Å²) in [5.74, 6) is -1.01. The SMILES string of the molecule is C=C(C)C(=O)O[Si](OC(=O)C(=C)C)(C(C)(C)CC)C(C)(C)CC. The van der Waals surface area contributed by atoms with Gasteiger partial charge >= 0.3 is 20.5 Å². The van der Waals surface area contributed by atoms with Crippen molar-refractivity contribution in [2.24, 2.45) is 0 Å². The molecule has 0 radical (unpaired) electrons. The Hall–Kier alpha value is -1.36. The summed E-state index contributed by atoms with van der Waals surface area (Å²) >= 11 is 0. The summed E-state index contributed by atoms with van der Waals surface area (Å²) in [6, 6.07) is 0. The maximum atomic E-state index is 12.3. The second-order valence-corrected chi connectivity index (χ2v) is 11.8. The zero-order valence-corrected chi connectivity index (χ0v) is 17.0. The summed E-state index contributed by atoms with van der Waals surface area (Å²) in [4.78, 5) is 24.7. The molecule has 23 heavy (non-hydrogen) atoms. The highest BCUT2D eigenvalue weighted by atomic mass is 28.4. The predicted molar refractivity (Wildman–Crippen MR) is 96.2 cm³/mol. The van der Waals surface area contributed by atoms with Crippen LogP contribution < -0.4 is 0 Å². The van der Waals surface area contributed by atoms with Gasteiger partial charge in [0.15, 0.2) is 0 Å². The Balaban J connectivity index is 6.34. The summed E-state index contributed by atoms with van der Waals surface area (Å²) in [6.45, 7) is 22.5. The van der Waals surface area contributed by atoms with E-state index in [0.717, 1.165) is 12.8 Å². The lowest BCUT2D eigenvalue weighted by Crippen LogP contribution is -2.60. The first-order chi connectivity index (χ1) is 10.3. The third kappa shape index (κ3) is 4.34. The molecule has 0 unspecified atom stereocenters. The number of hydrogen-bond acceptors (Lipinski definition) is 4. The molecule has 5 heteroatoms. The topological polar surface area (TPSA) is 52.6 Å². The van der Waals surface area contributed by atoms with Gasteiger partial charge in [0.25, 0.3) is 0 Å². The van der Waals surface area contributed by atoms with E-state index >= 15 is 0 Å². The van der Waals surface area contributed by atoms with Crippen LogP contribution in [0.5, 0.6) is 0 Å². The Bertz CT molecular complexity index is 457. The van der Waals surface area contributed by atoms with Crippen molar-refractivity contribution in [3.05, 3.63) is 24.3 Å². The van der Waals surface area contributed by atoms with Crippen LogP contribution >= 0.6 is 0 Å². The minimum Gasteiger partial charge on any atom is -0.481 e. The van der Waals surface area contributed by atoms with E-state index < -0.39 is 30.6 Å². The molecular formula is C18H32O4Si. The van der Waals surface area contributed by atoms with E-state index in [1.54, 1.807) is 13.8 Å². The zero-order chi connectivity index (χ0) is 18.6. The lowest BCUT2D eigenvalue weighted by Gasteiger charge is -2.49. The molecule has 0 N–H and O–H groups in total. The molecule has 0 spiro atoms. The van der Waals surface area contributed by atoms with E-state index in [1.165, 1.54) is 0 Å². The summed E-state index contributed by atoms with van der Waals surface area (Å²) in [6.07, 6.45) is 1.44. The summed E-state index contributed by atoms with van der Waals surface area (Å²) in [7, 11) is -3.32. The largest absolute Gasteiger partial charge is 0.481 e. The first-order valence-electron chi connectivity index (χ1n) is 8.05. The van der Waals surface area contributed by atoms with Gasteiger partial charge in [-0.1, -0.05) is 54.7 Å². The van der Waals surface area contributed by atoms with Gasteiger partial charge in [-0.15, -0.1) is 0 Å². The molecule has 0 amide bonds. The molecule has 0 fully saturated rings. The maximum absolute atomic E-state index is 12.3. The molecule has 0 aromatic heterocycles. The number of rotatable bonds is 8. The van der Waals surface area contributed by atoms with Crippen molar-refractivity contribution >= 4 is 20.5 Å². The van der Waals surface area contributed by atoms with E-state index in [1.807, 2.05) is 41.5 Å². The Kier molecular flexibility index (Phi) is 7.03. The Morgan fingerprint density at radius 1 is 0.826 bits per heavy atom. The first kappa shape index (κ1) is 21.6. The van der Waals surface area contributed by atoms with Crippen LogP contribution in [0.4, 0.5) is 0 Å². The van der Waals surface area contributed by atoms with E-state index in [9.17, 15) is 9.59 Å². The fourth-order valence-electron chi connectivity index (χ4n) is 2.39. The van der Waals surface area contributed by atoms with E-state index in [2.05, 4.69) is 13.2 Å². The molecule has 0 atom stereocenters. The molecule has 0 saturated carbocycles. The summed E-state index contributed by atoms with van der Waals surface area (Å²) in [5, 5.41) is -0.911. The highest BCUT2D eigenvalue weighted by Gasteiger charge is 2.66. The Morgan fingerprint density at radius 2 is 1.09 bits per heavy atom. The van der Waals surface area contributed by atoms with Gasteiger partial charge in [-0.2, -0.15) is 0 Å². The smallest absolute Gasteiger partial charge is 0.476 e. The molecule has 4 nitrogen and oxygen atoms in total. The second kappa shape index (κ2) is 7.47. The zero-order valence-electron chi connectivity index (χ0n) is 16.0. The van der Waals surface area contributed by atoms with Crippen molar-refractivity contribution in [1.82, 2.24) is 0 Å². The molecule has 0 aliphatic carbocycles. The Labute approximate surface area is 142 Å². The van der Waals surface area contributed by atoms with Crippen LogP contribution in [0, 0.1) is 0 Å². The van der Waals surface area contributed by atoms with E-state index in [0.29, 0.717) is 11.1 Å². The van der Waals surface area contributed by atoms with E-state index in [-0.39, 0.29) is 0 Å². The van der Waals surface area contributed by atoms with Crippen LogP contribution in [0.3, 0.4) is 0 Å². The van der Waals surface area contributed by atoms with Gasteiger partial charge in [0.05, 0.1) is 0 Å².